The molecule has 0 aromatic carbocycles. The minimum atomic E-state index is -0.355. The summed E-state index contributed by atoms with van der Waals surface area (Å²) in [6.07, 6.45) is 0.655. The third kappa shape index (κ3) is 2.69. The summed E-state index contributed by atoms with van der Waals surface area (Å²) >= 11 is 1.64. The van der Waals surface area contributed by atoms with Crippen molar-refractivity contribution in [1.29, 1.82) is 0 Å². The van der Waals surface area contributed by atoms with Crippen molar-refractivity contribution in [3.05, 3.63) is 16.1 Å². The zero-order chi connectivity index (χ0) is 12.6. The maximum Gasteiger partial charge on any atom is 0.0897 e. The Bertz CT molecular complexity index is 379. The molecule has 2 heterocycles. The van der Waals surface area contributed by atoms with Crippen molar-refractivity contribution in [3.63, 3.8) is 0 Å². The molecular formula is C13H21NO2S. The molecule has 96 valence electrons. The molecule has 2 rings (SSSR count). The number of aliphatic hydroxyl groups is 1. The monoisotopic (exact) mass is 255 g/mol. The van der Waals surface area contributed by atoms with Crippen molar-refractivity contribution in [3.8, 4) is 0 Å². The summed E-state index contributed by atoms with van der Waals surface area (Å²) in [5.41, 5.74) is 0.999. The zero-order valence-electron chi connectivity index (χ0n) is 10.9. The third-order valence-electron chi connectivity index (χ3n) is 3.85. The van der Waals surface area contributed by atoms with Crippen molar-refractivity contribution in [2.24, 2.45) is 11.8 Å². The van der Waals surface area contributed by atoms with Crippen LogP contribution in [0.25, 0.3) is 0 Å². The average Bonchev–Trinajstić information content (AvgIpc) is 2.73. The van der Waals surface area contributed by atoms with Crippen LogP contribution in [0.5, 0.6) is 0 Å². The van der Waals surface area contributed by atoms with Crippen molar-refractivity contribution in [2.75, 3.05) is 0 Å². The van der Waals surface area contributed by atoms with E-state index in [2.05, 4.69) is 25.8 Å². The zero-order valence-corrected chi connectivity index (χ0v) is 11.7. The fourth-order valence-corrected chi connectivity index (χ4v) is 3.43. The number of nitrogens with zero attached hydrogens (tertiary/aromatic N) is 1. The highest BCUT2D eigenvalue weighted by Gasteiger charge is 2.41. The molecule has 1 aromatic heterocycles. The second-order valence-corrected chi connectivity index (χ2v) is 6.17. The summed E-state index contributed by atoms with van der Waals surface area (Å²) in [5.74, 6) is 0.617. The van der Waals surface area contributed by atoms with Gasteiger partial charge >= 0.3 is 0 Å². The Balaban J connectivity index is 2.02. The van der Waals surface area contributed by atoms with Crippen LogP contribution in [0.1, 0.15) is 31.5 Å². The van der Waals surface area contributed by atoms with E-state index in [4.69, 9.17) is 4.74 Å². The summed E-state index contributed by atoms with van der Waals surface area (Å²) < 4.78 is 5.77. The molecule has 1 saturated heterocycles. The van der Waals surface area contributed by atoms with E-state index >= 15 is 0 Å². The Morgan fingerprint density at radius 1 is 1.41 bits per heavy atom. The normalized spacial score (nSPS) is 35.1. The molecule has 4 heteroatoms. The van der Waals surface area contributed by atoms with E-state index < -0.39 is 0 Å². The number of ether oxygens (including phenoxy) is 1. The van der Waals surface area contributed by atoms with Gasteiger partial charge in [0.1, 0.15) is 0 Å². The second-order valence-electron chi connectivity index (χ2n) is 5.11. The van der Waals surface area contributed by atoms with E-state index in [1.165, 1.54) is 0 Å². The molecule has 3 nitrogen and oxygen atoms in total. The maximum absolute atomic E-state index is 10.4. The SMILES string of the molecule is Cc1nc(CC(O)C2C(C)OC(C)C2C)cs1. The van der Waals surface area contributed by atoms with Crippen molar-refractivity contribution in [2.45, 2.75) is 52.4 Å². The molecule has 0 bridgehead atoms. The summed E-state index contributed by atoms with van der Waals surface area (Å²) in [6, 6.07) is 0. The van der Waals surface area contributed by atoms with Gasteiger partial charge in [0.15, 0.2) is 0 Å². The average molecular weight is 255 g/mol. The lowest BCUT2D eigenvalue weighted by atomic mass is 9.83. The van der Waals surface area contributed by atoms with E-state index in [0.717, 1.165) is 10.7 Å². The standard InChI is InChI=1S/C13H21NO2S/c1-7-8(2)16-9(3)13(7)12(15)5-11-6-17-10(4)14-11/h6-9,12-13,15H,5H2,1-4H3. The van der Waals surface area contributed by atoms with E-state index in [1.54, 1.807) is 11.3 Å². The van der Waals surface area contributed by atoms with Crippen molar-refractivity contribution >= 4 is 11.3 Å². The van der Waals surface area contributed by atoms with Crippen LogP contribution in [-0.2, 0) is 11.2 Å². The maximum atomic E-state index is 10.4. The first-order chi connectivity index (χ1) is 7.99. The molecule has 5 atom stereocenters. The lowest BCUT2D eigenvalue weighted by Crippen LogP contribution is -2.32. The molecular weight excluding hydrogens is 234 g/mol. The van der Waals surface area contributed by atoms with Gasteiger partial charge in [0.2, 0.25) is 0 Å². The first kappa shape index (κ1) is 13.0. The highest BCUT2D eigenvalue weighted by molar-refractivity contribution is 7.09. The highest BCUT2D eigenvalue weighted by Crippen LogP contribution is 2.35. The summed E-state index contributed by atoms with van der Waals surface area (Å²) in [5, 5.41) is 13.4. The first-order valence-electron chi connectivity index (χ1n) is 6.23. The lowest BCUT2D eigenvalue weighted by molar-refractivity contribution is 0.0237. The number of aromatic nitrogens is 1. The topological polar surface area (TPSA) is 42.4 Å². The summed E-state index contributed by atoms with van der Waals surface area (Å²) in [4.78, 5) is 4.41. The van der Waals surface area contributed by atoms with Gasteiger partial charge in [-0.05, 0) is 26.7 Å². The van der Waals surface area contributed by atoms with Gasteiger partial charge in [-0.1, -0.05) is 6.92 Å². The fourth-order valence-electron chi connectivity index (χ4n) is 2.81. The number of aryl methyl sites for hydroxylation is 1. The minimum Gasteiger partial charge on any atom is -0.392 e. The van der Waals surface area contributed by atoms with Gasteiger partial charge in [-0.25, -0.2) is 4.98 Å². The molecule has 1 aliphatic heterocycles. The Morgan fingerprint density at radius 3 is 2.59 bits per heavy atom. The van der Waals surface area contributed by atoms with Gasteiger partial charge in [-0.15, -0.1) is 11.3 Å². The number of aliphatic hydroxyl groups excluding tert-OH is 1. The van der Waals surface area contributed by atoms with Crippen LogP contribution < -0.4 is 0 Å². The van der Waals surface area contributed by atoms with Gasteiger partial charge < -0.3 is 9.84 Å². The van der Waals surface area contributed by atoms with Crippen molar-refractivity contribution in [1.82, 2.24) is 4.98 Å². The molecule has 0 aliphatic carbocycles. The van der Waals surface area contributed by atoms with Crippen LogP contribution in [0.2, 0.25) is 0 Å². The predicted molar refractivity (Wildman–Crippen MR) is 69.2 cm³/mol. The van der Waals surface area contributed by atoms with Gasteiger partial charge in [0, 0.05) is 17.7 Å². The van der Waals surface area contributed by atoms with Crippen LogP contribution in [0.15, 0.2) is 5.38 Å². The number of thiazole rings is 1. The number of rotatable bonds is 3. The molecule has 0 amide bonds. The van der Waals surface area contributed by atoms with E-state index in [-0.39, 0.29) is 24.2 Å². The smallest absolute Gasteiger partial charge is 0.0897 e. The van der Waals surface area contributed by atoms with E-state index in [9.17, 15) is 5.11 Å². The Morgan fingerprint density at radius 2 is 2.12 bits per heavy atom. The molecule has 1 aliphatic rings. The minimum absolute atomic E-state index is 0.134. The molecule has 5 unspecified atom stereocenters. The highest BCUT2D eigenvalue weighted by atomic mass is 32.1. The molecule has 0 radical (unpaired) electrons. The van der Waals surface area contributed by atoms with Crippen LogP contribution in [0, 0.1) is 18.8 Å². The van der Waals surface area contributed by atoms with Gasteiger partial charge in [-0.2, -0.15) is 0 Å². The molecule has 1 aromatic rings. The molecule has 1 N–H and O–H groups in total. The Labute approximate surface area is 107 Å². The van der Waals surface area contributed by atoms with E-state index in [0.29, 0.717) is 12.3 Å². The molecule has 0 saturated carbocycles. The van der Waals surface area contributed by atoms with Gasteiger partial charge in [-0.3, -0.25) is 0 Å². The number of hydrogen-bond donors (Lipinski definition) is 1. The van der Waals surface area contributed by atoms with Gasteiger partial charge in [0.05, 0.1) is 29.0 Å². The Hall–Kier alpha value is -0.450. The van der Waals surface area contributed by atoms with Crippen molar-refractivity contribution < 1.29 is 9.84 Å². The van der Waals surface area contributed by atoms with Crippen LogP contribution >= 0.6 is 11.3 Å². The first-order valence-corrected chi connectivity index (χ1v) is 7.11. The van der Waals surface area contributed by atoms with Crippen LogP contribution in [-0.4, -0.2) is 28.4 Å². The van der Waals surface area contributed by atoms with Gasteiger partial charge in [0.25, 0.3) is 0 Å². The van der Waals surface area contributed by atoms with E-state index in [1.807, 2.05) is 12.3 Å². The predicted octanol–water partition coefficient (Wildman–Crippen LogP) is 2.41. The lowest BCUT2D eigenvalue weighted by Gasteiger charge is -2.24. The van der Waals surface area contributed by atoms with Crippen LogP contribution in [0.3, 0.4) is 0 Å². The largest absolute Gasteiger partial charge is 0.392 e. The molecule has 17 heavy (non-hydrogen) atoms. The number of hydrogen-bond acceptors (Lipinski definition) is 4. The third-order valence-corrected chi connectivity index (χ3v) is 4.67. The molecule has 1 fully saturated rings. The molecule has 0 spiro atoms. The quantitative estimate of drug-likeness (QED) is 0.902. The Kier molecular flexibility index (Phi) is 3.85. The second kappa shape index (κ2) is 5.04. The summed E-state index contributed by atoms with van der Waals surface area (Å²) in [6.45, 7) is 8.29. The summed E-state index contributed by atoms with van der Waals surface area (Å²) in [7, 11) is 0. The fraction of sp³-hybridized carbons (Fsp3) is 0.769. The van der Waals surface area contributed by atoms with Crippen LogP contribution in [0.4, 0.5) is 0 Å².